The van der Waals surface area contributed by atoms with Crippen molar-refractivity contribution in [1.29, 1.82) is 0 Å². The second-order valence-corrected chi connectivity index (χ2v) is 4.41. The molecule has 0 saturated heterocycles. The molecule has 1 aromatic carbocycles. The quantitative estimate of drug-likeness (QED) is 0.823. The van der Waals surface area contributed by atoms with E-state index in [1.54, 1.807) is 0 Å². The maximum absolute atomic E-state index is 5.73. The fraction of sp³-hybridized carbons (Fsp3) is 0.400. The van der Waals surface area contributed by atoms with Crippen molar-refractivity contribution < 1.29 is 0 Å². The van der Waals surface area contributed by atoms with Crippen LogP contribution in [0.25, 0.3) is 0 Å². The molecule has 1 saturated carbocycles. The maximum atomic E-state index is 5.73. The van der Waals surface area contributed by atoms with Gasteiger partial charge in [-0.05, 0) is 30.5 Å². The van der Waals surface area contributed by atoms with Gasteiger partial charge in [0.15, 0.2) is 0 Å². The maximum Gasteiger partial charge on any atom is 0.0175 e. The summed E-state index contributed by atoms with van der Waals surface area (Å²) < 4.78 is 1.14. The molecule has 0 aliphatic heterocycles. The van der Waals surface area contributed by atoms with E-state index in [-0.39, 0.29) is 0 Å². The predicted octanol–water partition coefficient (Wildman–Crippen LogP) is 2.44. The van der Waals surface area contributed by atoms with Crippen LogP contribution in [0.15, 0.2) is 28.7 Å². The Morgan fingerprint density at radius 1 is 1.25 bits per heavy atom. The molecule has 64 valence electrons. The summed E-state index contributed by atoms with van der Waals surface area (Å²) in [5.41, 5.74) is 7.46. The fourth-order valence-corrected chi connectivity index (χ4v) is 1.83. The van der Waals surface area contributed by atoms with Crippen molar-refractivity contribution in [3.8, 4) is 0 Å². The predicted molar refractivity (Wildman–Crippen MR) is 54.1 cm³/mol. The average molecular weight is 226 g/mol. The largest absolute Gasteiger partial charge is 0.330 e. The summed E-state index contributed by atoms with van der Waals surface area (Å²) in [6, 6.07) is 8.52. The molecule has 1 aliphatic carbocycles. The summed E-state index contributed by atoms with van der Waals surface area (Å²) in [5.74, 6) is 0. The van der Waals surface area contributed by atoms with E-state index in [1.165, 1.54) is 18.4 Å². The summed E-state index contributed by atoms with van der Waals surface area (Å²) >= 11 is 3.42. The molecule has 1 nitrogen and oxygen atoms in total. The van der Waals surface area contributed by atoms with Crippen LogP contribution in [0.3, 0.4) is 0 Å². The lowest BCUT2D eigenvalue weighted by atomic mass is 9.96. The Balaban J connectivity index is 2.29. The van der Waals surface area contributed by atoms with Gasteiger partial charge < -0.3 is 5.73 Å². The van der Waals surface area contributed by atoms with Crippen LogP contribution >= 0.6 is 15.9 Å². The smallest absolute Gasteiger partial charge is 0.0175 e. The van der Waals surface area contributed by atoms with Crippen molar-refractivity contribution in [3.05, 3.63) is 34.3 Å². The lowest BCUT2D eigenvalue weighted by molar-refractivity contribution is 0.704. The van der Waals surface area contributed by atoms with Crippen molar-refractivity contribution >= 4 is 15.9 Å². The Kier molecular flexibility index (Phi) is 1.97. The minimum absolute atomic E-state index is 0.334. The number of hydrogen-bond acceptors (Lipinski definition) is 1. The third-order valence-corrected chi connectivity index (χ3v) is 3.23. The summed E-state index contributed by atoms with van der Waals surface area (Å²) in [6.07, 6.45) is 2.51. The Labute approximate surface area is 81.1 Å². The standard InChI is InChI=1S/C10H12BrN/c11-9-3-1-8(2-4-9)10(7-12)5-6-10/h1-4H,5-7,12H2. The molecule has 0 radical (unpaired) electrons. The minimum atomic E-state index is 0.334. The van der Waals surface area contributed by atoms with Crippen LogP contribution in [0.4, 0.5) is 0 Å². The topological polar surface area (TPSA) is 26.0 Å². The summed E-state index contributed by atoms with van der Waals surface area (Å²) in [6.45, 7) is 0.786. The van der Waals surface area contributed by atoms with Crippen LogP contribution in [-0.4, -0.2) is 6.54 Å². The zero-order valence-corrected chi connectivity index (χ0v) is 8.47. The third kappa shape index (κ3) is 1.29. The Morgan fingerprint density at radius 2 is 1.83 bits per heavy atom. The van der Waals surface area contributed by atoms with E-state index in [2.05, 4.69) is 40.2 Å². The van der Waals surface area contributed by atoms with Crippen molar-refractivity contribution in [2.45, 2.75) is 18.3 Å². The van der Waals surface area contributed by atoms with Gasteiger partial charge in [-0.1, -0.05) is 28.1 Å². The lowest BCUT2D eigenvalue weighted by Crippen LogP contribution is -2.19. The van der Waals surface area contributed by atoms with Crippen LogP contribution in [0, 0.1) is 0 Å². The monoisotopic (exact) mass is 225 g/mol. The summed E-state index contributed by atoms with van der Waals surface area (Å²) in [7, 11) is 0. The van der Waals surface area contributed by atoms with Gasteiger partial charge in [0.25, 0.3) is 0 Å². The second kappa shape index (κ2) is 2.86. The van der Waals surface area contributed by atoms with Crippen molar-refractivity contribution in [2.24, 2.45) is 5.73 Å². The summed E-state index contributed by atoms with van der Waals surface area (Å²) in [5, 5.41) is 0. The molecule has 0 unspecified atom stereocenters. The van der Waals surface area contributed by atoms with E-state index >= 15 is 0 Å². The van der Waals surface area contributed by atoms with E-state index in [9.17, 15) is 0 Å². The molecule has 12 heavy (non-hydrogen) atoms. The third-order valence-electron chi connectivity index (χ3n) is 2.70. The van der Waals surface area contributed by atoms with E-state index in [1.807, 2.05) is 0 Å². The molecule has 2 heteroatoms. The normalized spacial score (nSPS) is 19.2. The highest BCUT2D eigenvalue weighted by molar-refractivity contribution is 9.10. The van der Waals surface area contributed by atoms with Gasteiger partial charge in [-0.3, -0.25) is 0 Å². The number of rotatable bonds is 2. The van der Waals surface area contributed by atoms with E-state index < -0.39 is 0 Å². The molecule has 2 rings (SSSR count). The van der Waals surface area contributed by atoms with Crippen LogP contribution in [0.5, 0.6) is 0 Å². The average Bonchev–Trinajstić information content (AvgIpc) is 2.86. The van der Waals surface area contributed by atoms with Crippen molar-refractivity contribution in [3.63, 3.8) is 0 Å². The van der Waals surface area contributed by atoms with Crippen LogP contribution in [-0.2, 0) is 5.41 Å². The van der Waals surface area contributed by atoms with Gasteiger partial charge >= 0.3 is 0 Å². The van der Waals surface area contributed by atoms with E-state index in [0.29, 0.717) is 5.41 Å². The Bertz CT molecular complexity index is 274. The molecule has 0 aromatic heterocycles. The van der Waals surface area contributed by atoms with Gasteiger partial charge in [0, 0.05) is 16.4 Å². The number of hydrogen-bond donors (Lipinski definition) is 1. The molecule has 1 aliphatic rings. The first kappa shape index (κ1) is 8.27. The molecule has 1 aromatic rings. The number of nitrogens with two attached hydrogens (primary N) is 1. The molecule has 0 bridgehead atoms. The van der Waals surface area contributed by atoms with Gasteiger partial charge in [-0.25, -0.2) is 0 Å². The van der Waals surface area contributed by atoms with Crippen molar-refractivity contribution in [1.82, 2.24) is 0 Å². The lowest BCUT2D eigenvalue weighted by Gasteiger charge is -2.11. The van der Waals surface area contributed by atoms with Crippen LogP contribution in [0.1, 0.15) is 18.4 Å². The first-order valence-electron chi connectivity index (χ1n) is 4.23. The highest BCUT2D eigenvalue weighted by atomic mass is 79.9. The van der Waals surface area contributed by atoms with E-state index in [4.69, 9.17) is 5.73 Å². The fourth-order valence-electron chi connectivity index (χ4n) is 1.56. The van der Waals surface area contributed by atoms with Gasteiger partial charge in [-0.2, -0.15) is 0 Å². The zero-order valence-electron chi connectivity index (χ0n) is 6.89. The SMILES string of the molecule is NCC1(c2ccc(Br)cc2)CC1. The summed E-state index contributed by atoms with van der Waals surface area (Å²) in [4.78, 5) is 0. The van der Waals surface area contributed by atoms with Crippen LogP contribution < -0.4 is 5.73 Å². The van der Waals surface area contributed by atoms with Gasteiger partial charge in [0.2, 0.25) is 0 Å². The molecular weight excluding hydrogens is 214 g/mol. The van der Waals surface area contributed by atoms with Crippen molar-refractivity contribution in [2.75, 3.05) is 6.54 Å². The zero-order chi connectivity index (χ0) is 8.60. The molecule has 1 fully saturated rings. The highest BCUT2D eigenvalue weighted by Gasteiger charge is 2.42. The number of halogens is 1. The molecule has 0 amide bonds. The first-order valence-corrected chi connectivity index (χ1v) is 5.02. The Morgan fingerprint density at radius 3 is 2.25 bits per heavy atom. The van der Waals surface area contributed by atoms with Gasteiger partial charge in [-0.15, -0.1) is 0 Å². The first-order chi connectivity index (χ1) is 5.77. The number of benzene rings is 1. The van der Waals surface area contributed by atoms with Gasteiger partial charge in [0.1, 0.15) is 0 Å². The molecular formula is C10H12BrN. The van der Waals surface area contributed by atoms with Gasteiger partial charge in [0.05, 0.1) is 0 Å². The highest BCUT2D eigenvalue weighted by Crippen LogP contribution is 2.47. The van der Waals surface area contributed by atoms with Crippen LogP contribution in [0.2, 0.25) is 0 Å². The van der Waals surface area contributed by atoms with E-state index in [0.717, 1.165) is 11.0 Å². The molecule has 0 heterocycles. The molecule has 0 atom stereocenters. The minimum Gasteiger partial charge on any atom is -0.330 e. The second-order valence-electron chi connectivity index (χ2n) is 3.49. The molecule has 2 N–H and O–H groups in total. The molecule has 0 spiro atoms. The Hall–Kier alpha value is -0.340.